The third-order valence-electron chi connectivity index (χ3n) is 1.90. The fraction of sp³-hybridized carbons (Fsp3) is 1.00. The first-order chi connectivity index (χ1) is 5.81. The normalized spacial score (nSPS) is 29.6. The van der Waals surface area contributed by atoms with Crippen LogP contribution in [0, 0.1) is 5.92 Å². The highest BCUT2D eigenvalue weighted by Crippen LogP contribution is 2.27. The maximum atomic E-state index is 12.2. The van der Waals surface area contributed by atoms with Crippen LogP contribution in [-0.4, -0.2) is 39.2 Å². The van der Waals surface area contributed by atoms with Crippen LogP contribution in [0.3, 0.4) is 0 Å². The Morgan fingerprint density at radius 3 is 2.46 bits per heavy atom. The van der Waals surface area contributed by atoms with Crippen molar-refractivity contribution in [3.05, 3.63) is 0 Å². The lowest BCUT2D eigenvalue weighted by Crippen LogP contribution is -2.35. The molecule has 1 saturated heterocycles. The minimum Gasteiger partial charge on any atom is -0.315 e. The van der Waals surface area contributed by atoms with Gasteiger partial charge in [-0.1, -0.05) is 0 Å². The molecule has 7 heteroatoms. The van der Waals surface area contributed by atoms with Gasteiger partial charge in [0.25, 0.3) is 0 Å². The van der Waals surface area contributed by atoms with E-state index in [0.29, 0.717) is 0 Å². The summed E-state index contributed by atoms with van der Waals surface area (Å²) in [4.78, 5) is 0. The second kappa shape index (κ2) is 3.45. The molecule has 78 valence electrons. The van der Waals surface area contributed by atoms with Gasteiger partial charge in [-0.15, -0.1) is 0 Å². The van der Waals surface area contributed by atoms with Crippen LogP contribution in [0.5, 0.6) is 0 Å². The summed E-state index contributed by atoms with van der Waals surface area (Å²) in [6.45, 7) is -0.197. The zero-order valence-electron chi connectivity index (χ0n) is 6.76. The maximum absolute atomic E-state index is 12.2. The lowest BCUT2D eigenvalue weighted by atomic mass is 10.2. The van der Waals surface area contributed by atoms with Crippen LogP contribution in [0.2, 0.25) is 0 Å². The highest BCUT2D eigenvalue weighted by Gasteiger charge is 2.42. The minimum absolute atomic E-state index is 0.106. The van der Waals surface area contributed by atoms with Gasteiger partial charge in [-0.3, -0.25) is 0 Å². The van der Waals surface area contributed by atoms with E-state index < -0.39 is 27.7 Å². The van der Waals surface area contributed by atoms with Gasteiger partial charge in [-0.05, 0) is 0 Å². The Morgan fingerprint density at radius 1 is 1.31 bits per heavy atom. The van der Waals surface area contributed by atoms with E-state index >= 15 is 0 Å². The van der Waals surface area contributed by atoms with Gasteiger partial charge in [0.1, 0.15) is 0 Å². The largest absolute Gasteiger partial charge is 0.394 e. The highest BCUT2D eigenvalue weighted by atomic mass is 32.2. The van der Waals surface area contributed by atoms with E-state index in [1.54, 1.807) is 0 Å². The minimum atomic E-state index is -4.43. The monoisotopic (exact) mass is 217 g/mol. The molecule has 0 aromatic rings. The standard InChI is InChI=1S/C6H10F3NO2S/c7-6(8,9)5-3-10-1-2-13(11,12)4-5/h5,10H,1-4H2. The Kier molecular flexibility index (Phi) is 2.86. The summed E-state index contributed by atoms with van der Waals surface area (Å²) in [5.41, 5.74) is 0. The summed E-state index contributed by atoms with van der Waals surface area (Å²) in [7, 11) is -3.53. The van der Waals surface area contributed by atoms with E-state index in [0.717, 1.165) is 0 Å². The molecular formula is C6H10F3NO2S. The molecule has 1 fully saturated rings. The van der Waals surface area contributed by atoms with Gasteiger partial charge in [-0.25, -0.2) is 8.42 Å². The van der Waals surface area contributed by atoms with Crippen molar-refractivity contribution in [3.63, 3.8) is 0 Å². The highest BCUT2D eigenvalue weighted by molar-refractivity contribution is 7.91. The first kappa shape index (κ1) is 10.8. The lowest BCUT2D eigenvalue weighted by Gasteiger charge is -2.16. The number of rotatable bonds is 0. The number of hydrogen-bond donors (Lipinski definition) is 1. The molecule has 0 spiro atoms. The van der Waals surface area contributed by atoms with E-state index in [4.69, 9.17) is 0 Å². The molecule has 0 saturated carbocycles. The molecular weight excluding hydrogens is 207 g/mol. The molecule has 1 unspecified atom stereocenters. The Bertz CT molecular complexity index is 272. The van der Waals surface area contributed by atoms with Crippen molar-refractivity contribution < 1.29 is 21.6 Å². The maximum Gasteiger partial charge on any atom is 0.394 e. The first-order valence-electron chi connectivity index (χ1n) is 3.79. The molecule has 0 aromatic heterocycles. The molecule has 0 bridgehead atoms. The number of alkyl halides is 3. The number of hydrogen-bond acceptors (Lipinski definition) is 3. The lowest BCUT2D eigenvalue weighted by molar-refractivity contribution is -0.166. The summed E-state index contributed by atoms with van der Waals surface area (Å²) >= 11 is 0. The molecule has 1 aliphatic heterocycles. The van der Waals surface area contributed by atoms with Crippen molar-refractivity contribution in [2.75, 3.05) is 24.6 Å². The summed E-state index contributed by atoms with van der Waals surface area (Å²) < 4.78 is 58.5. The molecule has 13 heavy (non-hydrogen) atoms. The van der Waals surface area contributed by atoms with E-state index in [9.17, 15) is 21.6 Å². The van der Waals surface area contributed by atoms with Crippen molar-refractivity contribution >= 4 is 9.84 Å². The van der Waals surface area contributed by atoms with Gasteiger partial charge < -0.3 is 5.32 Å². The topological polar surface area (TPSA) is 46.2 Å². The summed E-state index contributed by atoms with van der Waals surface area (Å²) in [6.07, 6.45) is -4.43. The van der Waals surface area contributed by atoms with Crippen molar-refractivity contribution in [1.29, 1.82) is 0 Å². The van der Waals surface area contributed by atoms with Crippen LogP contribution in [0.4, 0.5) is 13.2 Å². The quantitative estimate of drug-likeness (QED) is 0.629. The van der Waals surface area contributed by atoms with E-state index in [1.807, 2.05) is 0 Å². The predicted molar refractivity (Wildman–Crippen MR) is 41.1 cm³/mol. The molecule has 1 rings (SSSR count). The number of nitrogens with one attached hydrogen (secondary N) is 1. The average molecular weight is 217 g/mol. The fourth-order valence-corrected chi connectivity index (χ4v) is 2.70. The van der Waals surface area contributed by atoms with Gasteiger partial charge in [0, 0.05) is 13.1 Å². The molecule has 0 aliphatic carbocycles. The smallest absolute Gasteiger partial charge is 0.315 e. The zero-order chi connectivity index (χ0) is 10.1. The van der Waals surface area contributed by atoms with Crippen molar-refractivity contribution in [3.8, 4) is 0 Å². The van der Waals surface area contributed by atoms with Gasteiger partial charge >= 0.3 is 6.18 Å². The van der Waals surface area contributed by atoms with Crippen LogP contribution >= 0.6 is 0 Å². The molecule has 1 heterocycles. The molecule has 1 N–H and O–H groups in total. The molecule has 3 nitrogen and oxygen atoms in total. The van der Waals surface area contributed by atoms with Crippen molar-refractivity contribution in [2.24, 2.45) is 5.92 Å². The summed E-state index contributed by atoms with van der Waals surface area (Å²) in [5, 5.41) is 2.46. The van der Waals surface area contributed by atoms with E-state index in [1.165, 1.54) is 0 Å². The third kappa shape index (κ3) is 3.15. The van der Waals surface area contributed by atoms with Gasteiger partial charge in [-0.2, -0.15) is 13.2 Å². The number of sulfone groups is 1. The average Bonchev–Trinajstić information content (AvgIpc) is 2.08. The zero-order valence-corrected chi connectivity index (χ0v) is 7.58. The Labute approximate surface area is 74.2 Å². The Hall–Kier alpha value is -0.300. The second-order valence-electron chi connectivity index (χ2n) is 3.06. The van der Waals surface area contributed by atoms with Gasteiger partial charge in [0.2, 0.25) is 0 Å². The second-order valence-corrected chi connectivity index (χ2v) is 5.29. The Morgan fingerprint density at radius 2 is 1.92 bits per heavy atom. The van der Waals surface area contributed by atoms with E-state index in [-0.39, 0.29) is 18.8 Å². The van der Waals surface area contributed by atoms with Crippen LogP contribution < -0.4 is 5.32 Å². The van der Waals surface area contributed by atoms with Crippen molar-refractivity contribution in [2.45, 2.75) is 6.18 Å². The summed E-state index contributed by atoms with van der Waals surface area (Å²) in [6, 6.07) is 0. The summed E-state index contributed by atoms with van der Waals surface area (Å²) in [5.74, 6) is -2.76. The van der Waals surface area contributed by atoms with Crippen LogP contribution in [0.1, 0.15) is 0 Å². The Balaban J connectivity index is 2.77. The SMILES string of the molecule is O=S1(=O)CCNCC(C(F)(F)F)C1. The molecule has 1 aliphatic rings. The molecule has 1 atom stereocenters. The predicted octanol–water partition coefficient (Wildman–Crippen LogP) is 0.183. The van der Waals surface area contributed by atoms with E-state index in [2.05, 4.69) is 5.32 Å². The first-order valence-corrected chi connectivity index (χ1v) is 5.61. The molecule has 0 amide bonds. The van der Waals surface area contributed by atoms with Crippen LogP contribution in [0.15, 0.2) is 0 Å². The number of halogens is 3. The molecule has 0 radical (unpaired) electrons. The third-order valence-corrected chi connectivity index (χ3v) is 3.63. The van der Waals surface area contributed by atoms with Crippen LogP contribution in [0.25, 0.3) is 0 Å². The fourth-order valence-electron chi connectivity index (χ4n) is 1.16. The molecule has 0 aromatic carbocycles. The van der Waals surface area contributed by atoms with Gasteiger partial charge in [0.15, 0.2) is 9.84 Å². The van der Waals surface area contributed by atoms with Gasteiger partial charge in [0.05, 0.1) is 17.4 Å². The van der Waals surface area contributed by atoms with Crippen molar-refractivity contribution in [1.82, 2.24) is 5.32 Å². The van der Waals surface area contributed by atoms with Crippen LogP contribution in [-0.2, 0) is 9.84 Å².